The third-order valence-electron chi connectivity index (χ3n) is 2.80. The summed E-state index contributed by atoms with van der Waals surface area (Å²) < 4.78 is 13.1. The largest absolute Gasteiger partial charge is 0.382 e. The van der Waals surface area contributed by atoms with Gasteiger partial charge >= 0.3 is 0 Å². The third kappa shape index (κ3) is 3.84. The van der Waals surface area contributed by atoms with Crippen LogP contribution >= 0.6 is 0 Å². The zero-order chi connectivity index (χ0) is 12.0. The molecular formula is C14H22FN. The predicted octanol–water partition coefficient (Wildman–Crippen LogP) is 4.51. The number of hydrogen-bond acceptors (Lipinski definition) is 1. The Balaban J connectivity index is 2.65. The van der Waals surface area contributed by atoms with Crippen LogP contribution in [0.3, 0.4) is 0 Å². The molecule has 0 spiro atoms. The second kappa shape index (κ2) is 6.51. The molecule has 2 heteroatoms. The Morgan fingerprint density at radius 2 is 1.81 bits per heavy atom. The number of hydrogen-bond donors (Lipinski definition) is 1. The lowest BCUT2D eigenvalue weighted by Gasteiger charge is -2.19. The summed E-state index contributed by atoms with van der Waals surface area (Å²) in [6, 6.07) is 5.75. The van der Waals surface area contributed by atoms with Gasteiger partial charge in [0.15, 0.2) is 0 Å². The SMILES string of the molecule is CCCC(CCC)Nc1ccc(F)c(C)c1. The van der Waals surface area contributed by atoms with Crippen LogP contribution in [0.1, 0.15) is 45.1 Å². The molecule has 0 unspecified atom stereocenters. The average Bonchev–Trinajstić information content (AvgIpc) is 2.24. The molecule has 1 rings (SSSR count). The van der Waals surface area contributed by atoms with Gasteiger partial charge in [0.2, 0.25) is 0 Å². The molecule has 16 heavy (non-hydrogen) atoms. The van der Waals surface area contributed by atoms with Crippen molar-refractivity contribution in [2.45, 2.75) is 52.5 Å². The quantitative estimate of drug-likeness (QED) is 0.748. The van der Waals surface area contributed by atoms with Gasteiger partial charge in [0.1, 0.15) is 5.82 Å². The van der Waals surface area contributed by atoms with Crippen molar-refractivity contribution < 1.29 is 4.39 Å². The zero-order valence-electron chi connectivity index (χ0n) is 10.5. The minimum Gasteiger partial charge on any atom is -0.382 e. The van der Waals surface area contributed by atoms with Crippen LogP contribution in [0.25, 0.3) is 0 Å². The molecule has 0 heterocycles. The molecule has 1 aromatic carbocycles. The molecule has 0 atom stereocenters. The summed E-state index contributed by atoms with van der Waals surface area (Å²) in [6.07, 6.45) is 4.70. The van der Waals surface area contributed by atoms with Crippen LogP contribution < -0.4 is 5.32 Å². The fourth-order valence-corrected chi connectivity index (χ4v) is 1.96. The van der Waals surface area contributed by atoms with E-state index in [9.17, 15) is 4.39 Å². The Bertz CT molecular complexity index is 317. The Kier molecular flexibility index (Phi) is 5.30. The second-order valence-corrected chi connectivity index (χ2v) is 4.38. The van der Waals surface area contributed by atoms with Gasteiger partial charge in [0.05, 0.1) is 0 Å². The van der Waals surface area contributed by atoms with Crippen LogP contribution in [0.4, 0.5) is 10.1 Å². The Morgan fingerprint density at radius 1 is 1.19 bits per heavy atom. The molecule has 0 aliphatic carbocycles. The first-order valence-corrected chi connectivity index (χ1v) is 6.20. The van der Waals surface area contributed by atoms with Crippen molar-refractivity contribution in [3.63, 3.8) is 0 Å². The molecule has 1 N–H and O–H groups in total. The molecule has 0 fully saturated rings. The number of anilines is 1. The van der Waals surface area contributed by atoms with E-state index in [0.717, 1.165) is 5.69 Å². The molecule has 0 bridgehead atoms. The summed E-state index contributed by atoms with van der Waals surface area (Å²) in [7, 11) is 0. The standard InChI is InChI=1S/C14H22FN/c1-4-6-12(7-5-2)16-13-8-9-14(15)11(3)10-13/h8-10,12,16H,4-7H2,1-3H3. The molecule has 0 amide bonds. The van der Waals surface area contributed by atoms with Crippen LogP contribution in [0.15, 0.2) is 18.2 Å². The first kappa shape index (κ1) is 13.0. The summed E-state index contributed by atoms with van der Waals surface area (Å²) in [6.45, 7) is 6.19. The van der Waals surface area contributed by atoms with E-state index < -0.39 is 0 Å². The first-order chi connectivity index (χ1) is 7.67. The van der Waals surface area contributed by atoms with Crippen molar-refractivity contribution >= 4 is 5.69 Å². The van der Waals surface area contributed by atoms with Gasteiger partial charge in [0.25, 0.3) is 0 Å². The fraction of sp³-hybridized carbons (Fsp3) is 0.571. The van der Waals surface area contributed by atoms with Crippen molar-refractivity contribution in [3.05, 3.63) is 29.6 Å². The van der Waals surface area contributed by atoms with E-state index in [1.165, 1.54) is 31.7 Å². The van der Waals surface area contributed by atoms with Crippen molar-refractivity contribution in [1.29, 1.82) is 0 Å². The van der Waals surface area contributed by atoms with E-state index >= 15 is 0 Å². The van der Waals surface area contributed by atoms with Crippen LogP contribution in [0.5, 0.6) is 0 Å². The smallest absolute Gasteiger partial charge is 0.126 e. The molecule has 0 radical (unpaired) electrons. The maximum atomic E-state index is 13.1. The summed E-state index contributed by atoms with van der Waals surface area (Å²) in [4.78, 5) is 0. The second-order valence-electron chi connectivity index (χ2n) is 4.38. The highest BCUT2D eigenvalue weighted by Gasteiger charge is 2.07. The molecule has 90 valence electrons. The summed E-state index contributed by atoms with van der Waals surface area (Å²) in [5.74, 6) is -0.131. The van der Waals surface area contributed by atoms with E-state index in [0.29, 0.717) is 11.6 Å². The van der Waals surface area contributed by atoms with E-state index in [-0.39, 0.29) is 5.82 Å². The van der Waals surface area contributed by atoms with Crippen LogP contribution in [-0.4, -0.2) is 6.04 Å². The van der Waals surface area contributed by atoms with Crippen molar-refractivity contribution in [2.75, 3.05) is 5.32 Å². The minimum atomic E-state index is -0.131. The van der Waals surface area contributed by atoms with Gasteiger partial charge in [-0.25, -0.2) is 4.39 Å². The molecule has 0 saturated heterocycles. The Morgan fingerprint density at radius 3 is 2.31 bits per heavy atom. The Hall–Kier alpha value is -1.05. The highest BCUT2D eigenvalue weighted by Crippen LogP contribution is 2.17. The van der Waals surface area contributed by atoms with Gasteiger partial charge in [-0.15, -0.1) is 0 Å². The Labute approximate surface area is 98.1 Å². The summed E-state index contributed by atoms with van der Waals surface area (Å²) in [5.41, 5.74) is 1.74. The van der Waals surface area contributed by atoms with Gasteiger partial charge in [-0.05, 0) is 43.5 Å². The minimum absolute atomic E-state index is 0.131. The van der Waals surface area contributed by atoms with Crippen molar-refractivity contribution in [3.8, 4) is 0 Å². The first-order valence-electron chi connectivity index (χ1n) is 6.20. The van der Waals surface area contributed by atoms with E-state index in [4.69, 9.17) is 0 Å². The lowest BCUT2D eigenvalue weighted by Crippen LogP contribution is -2.18. The average molecular weight is 223 g/mol. The van der Waals surface area contributed by atoms with Gasteiger partial charge in [-0.1, -0.05) is 26.7 Å². The van der Waals surface area contributed by atoms with E-state index in [1.54, 1.807) is 6.92 Å². The van der Waals surface area contributed by atoms with Gasteiger partial charge in [-0.3, -0.25) is 0 Å². The molecule has 0 aromatic heterocycles. The maximum Gasteiger partial charge on any atom is 0.126 e. The lowest BCUT2D eigenvalue weighted by atomic mass is 10.1. The predicted molar refractivity (Wildman–Crippen MR) is 68.4 cm³/mol. The number of aryl methyl sites for hydroxylation is 1. The van der Waals surface area contributed by atoms with E-state index in [2.05, 4.69) is 19.2 Å². The molecule has 1 nitrogen and oxygen atoms in total. The van der Waals surface area contributed by atoms with Gasteiger partial charge in [0, 0.05) is 11.7 Å². The normalized spacial score (nSPS) is 10.8. The summed E-state index contributed by atoms with van der Waals surface area (Å²) in [5, 5.41) is 3.48. The van der Waals surface area contributed by atoms with Gasteiger partial charge in [-0.2, -0.15) is 0 Å². The molecule has 0 aliphatic rings. The molecule has 0 saturated carbocycles. The highest BCUT2D eigenvalue weighted by molar-refractivity contribution is 5.46. The third-order valence-corrected chi connectivity index (χ3v) is 2.80. The lowest BCUT2D eigenvalue weighted by molar-refractivity contribution is 0.585. The monoisotopic (exact) mass is 223 g/mol. The van der Waals surface area contributed by atoms with Crippen LogP contribution in [0, 0.1) is 12.7 Å². The molecule has 0 aliphatic heterocycles. The number of halogens is 1. The summed E-state index contributed by atoms with van der Waals surface area (Å²) >= 11 is 0. The van der Waals surface area contributed by atoms with E-state index in [1.807, 2.05) is 12.1 Å². The number of rotatable bonds is 6. The zero-order valence-corrected chi connectivity index (χ0v) is 10.5. The number of nitrogens with one attached hydrogen (secondary N) is 1. The van der Waals surface area contributed by atoms with Crippen molar-refractivity contribution in [1.82, 2.24) is 0 Å². The highest BCUT2D eigenvalue weighted by atomic mass is 19.1. The topological polar surface area (TPSA) is 12.0 Å². The molecule has 1 aromatic rings. The fourth-order valence-electron chi connectivity index (χ4n) is 1.96. The maximum absolute atomic E-state index is 13.1. The number of benzene rings is 1. The van der Waals surface area contributed by atoms with Crippen LogP contribution in [0.2, 0.25) is 0 Å². The van der Waals surface area contributed by atoms with Crippen LogP contribution in [-0.2, 0) is 0 Å². The van der Waals surface area contributed by atoms with Gasteiger partial charge < -0.3 is 5.32 Å². The molecular weight excluding hydrogens is 201 g/mol. The van der Waals surface area contributed by atoms with Crippen molar-refractivity contribution in [2.24, 2.45) is 0 Å².